The molecule has 0 bridgehead atoms. The van der Waals surface area contributed by atoms with Gasteiger partial charge < -0.3 is 29.6 Å². The van der Waals surface area contributed by atoms with E-state index in [1.165, 1.54) is 17.8 Å². The van der Waals surface area contributed by atoms with E-state index < -0.39 is 73.0 Å². The van der Waals surface area contributed by atoms with E-state index in [9.17, 15) is 29.1 Å². The lowest BCUT2D eigenvalue weighted by atomic mass is 10.0. The van der Waals surface area contributed by atoms with Crippen LogP contribution >= 0.6 is 7.75 Å². The predicted octanol–water partition coefficient (Wildman–Crippen LogP) is 2.61. The summed E-state index contributed by atoms with van der Waals surface area (Å²) in [6.45, 7) is 11.6. The van der Waals surface area contributed by atoms with Crippen LogP contribution in [0.3, 0.4) is 0 Å². The number of nitrogens with two attached hydrogens (primary N) is 1. The van der Waals surface area contributed by atoms with E-state index in [0.29, 0.717) is 5.52 Å². The third-order valence-electron chi connectivity index (χ3n) is 8.27. The summed E-state index contributed by atoms with van der Waals surface area (Å²) in [4.78, 5) is 53.6. The fraction of sp³-hybridized carbons (Fsp3) is 0.655. The van der Waals surface area contributed by atoms with Crippen molar-refractivity contribution in [2.75, 3.05) is 12.3 Å². The molecule has 3 unspecified atom stereocenters. The molecule has 1 aliphatic carbocycles. The van der Waals surface area contributed by atoms with Gasteiger partial charge in [0.1, 0.15) is 30.1 Å². The molecule has 1 saturated heterocycles. The summed E-state index contributed by atoms with van der Waals surface area (Å²) in [5.74, 6) is -3.46. The number of hydrogen-bond acceptors (Lipinski definition) is 13. The van der Waals surface area contributed by atoms with Crippen molar-refractivity contribution in [1.29, 1.82) is 5.26 Å². The van der Waals surface area contributed by atoms with Gasteiger partial charge in [-0.3, -0.25) is 18.9 Å². The second-order valence-electron chi connectivity index (χ2n) is 12.1. The van der Waals surface area contributed by atoms with Crippen LogP contribution in [0.1, 0.15) is 73.1 Å². The largest absolute Gasteiger partial charge is 0.464 e. The summed E-state index contributed by atoms with van der Waals surface area (Å²) in [5.41, 5.74) is 2.24. The molecule has 0 radical (unpaired) electrons. The predicted molar refractivity (Wildman–Crippen MR) is 160 cm³/mol. The van der Waals surface area contributed by atoms with E-state index in [1.54, 1.807) is 39.8 Å². The molecule has 16 nitrogen and oxygen atoms in total. The van der Waals surface area contributed by atoms with Crippen LogP contribution in [0.4, 0.5) is 5.82 Å². The summed E-state index contributed by atoms with van der Waals surface area (Å²) in [6.07, 6.45) is -1.79. The summed E-state index contributed by atoms with van der Waals surface area (Å²) < 4.78 is 43.6. The standard InChI is InChI=1S/C29H41N6O10P/c1-8-18(9-2)12-41-26(38)17(7)34-46(39,40)45-27-28(13-30)29(27,44-25(37)16(5)6)22(42-24(36)15(3)4)21(43-28)19-10-11-20-23(31)32-14-33-35(19)20/h10-11,14-18,21-22,27H,8-9,12H2,1-7H3,(H2,31,32,33)(H2,34,39,40)/t17-,21-,22-,27?,28?,29+/m0/s1. The van der Waals surface area contributed by atoms with E-state index in [2.05, 4.69) is 15.2 Å². The van der Waals surface area contributed by atoms with Gasteiger partial charge in [-0.05, 0) is 25.0 Å². The van der Waals surface area contributed by atoms with Gasteiger partial charge in [-0.1, -0.05) is 54.4 Å². The van der Waals surface area contributed by atoms with E-state index in [0.717, 1.165) is 12.8 Å². The fourth-order valence-corrected chi connectivity index (χ4v) is 6.59. The van der Waals surface area contributed by atoms with Crippen LogP contribution in [0.15, 0.2) is 18.5 Å². The van der Waals surface area contributed by atoms with Crippen LogP contribution in [-0.4, -0.2) is 73.5 Å². The second-order valence-corrected chi connectivity index (χ2v) is 13.6. The van der Waals surface area contributed by atoms with Crippen LogP contribution < -0.4 is 10.8 Å². The number of carbonyl (C=O) groups excluding carboxylic acids is 3. The van der Waals surface area contributed by atoms with Crippen molar-refractivity contribution in [2.45, 2.75) is 96.9 Å². The molecule has 4 rings (SSSR count). The number of anilines is 1. The monoisotopic (exact) mass is 664 g/mol. The van der Waals surface area contributed by atoms with Crippen LogP contribution in [0, 0.1) is 29.1 Å². The molecular formula is C29H41N6O10P. The number of nitrogen functional groups attached to an aromatic ring is 1. The molecule has 2 fully saturated rings. The lowest BCUT2D eigenvalue weighted by molar-refractivity contribution is -0.181. The number of ether oxygens (including phenoxy) is 4. The molecule has 2 aromatic rings. The first-order valence-corrected chi connectivity index (χ1v) is 16.7. The topological polar surface area (TPSA) is 227 Å². The number of nitrogens with zero attached hydrogens (tertiary/aromatic N) is 4. The third-order valence-corrected chi connectivity index (χ3v) is 9.48. The van der Waals surface area contributed by atoms with Crippen molar-refractivity contribution in [3.63, 3.8) is 0 Å². The molecule has 4 N–H and O–H groups in total. The highest BCUT2D eigenvalue weighted by Gasteiger charge is 2.95. The van der Waals surface area contributed by atoms with Crippen molar-refractivity contribution in [2.24, 2.45) is 17.8 Å². The molecule has 0 spiro atoms. The van der Waals surface area contributed by atoms with Crippen molar-refractivity contribution >= 4 is 37.0 Å². The summed E-state index contributed by atoms with van der Waals surface area (Å²) in [7, 11) is -4.94. The number of carbonyl (C=O) groups is 3. The van der Waals surface area contributed by atoms with E-state index >= 15 is 0 Å². The van der Waals surface area contributed by atoms with Crippen LogP contribution in [0.2, 0.25) is 0 Å². The zero-order valence-corrected chi connectivity index (χ0v) is 27.7. The lowest BCUT2D eigenvalue weighted by Crippen LogP contribution is -2.44. The molecule has 7 atom stereocenters. The van der Waals surface area contributed by atoms with Crippen LogP contribution in [0.5, 0.6) is 0 Å². The van der Waals surface area contributed by atoms with Gasteiger partial charge in [0.05, 0.1) is 24.1 Å². The molecule has 17 heteroatoms. The smallest absolute Gasteiger partial charge is 0.404 e. The minimum atomic E-state index is -4.94. The molecule has 3 heterocycles. The third kappa shape index (κ3) is 6.22. The Labute approximate surface area is 266 Å². The fourth-order valence-electron chi connectivity index (χ4n) is 5.34. The van der Waals surface area contributed by atoms with Gasteiger partial charge in [0.15, 0.2) is 18.0 Å². The zero-order chi connectivity index (χ0) is 34.2. The second kappa shape index (κ2) is 13.2. The SMILES string of the molecule is CCC(CC)COC(=O)[C@H](C)NP(=O)(O)OC1C2(C#N)O[C@@H](c3ccc4c(N)ncnn34)[C@H](OC(=O)C(C)C)[C@@]12OC(=O)C(C)C. The number of aromatic nitrogens is 3. The maximum absolute atomic E-state index is 13.4. The summed E-state index contributed by atoms with van der Waals surface area (Å²) >= 11 is 0. The Hall–Kier alpha value is -3.61. The summed E-state index contributed by atoms with van der Waals surface area (Å²) in [5, 5.41) is 16.9. The van der Waals surface area contributed by atoms with Gasteiger partial charge in [-0.25, -0.2) is 19.2 Å². The Morgan fingerprint density at radius 2 is 1.80 bits per heavy atom. The normalized spacial score (nSPS) is 27.2. The highest BCUT2D eigenvalue weighted by atomic mass is 31.2. The van der Waals surface area contributed by atoms with Crippen molar-refractivity contribution < 1.29 is 47.3 Å². The Morgan fingerprint density at radius 3 is 2.39 bits per heavy atom. The highest BCUT2D eigenvalue weighted by Crippen LogP contribution is 2.70. The minimum absolute atomic E-state index is 0.126. The first-order chi connectivity index (χ1) is 21.6. The number of fused-ring (bicyclic) bond motifs is 2. The summed E-state index contributed by atoms with van der Waals surface area (Å²) in [6, 6.07) is 3.81. The van der Waals surface area contributed by atoms with Gasteiger partial charge >= 0.3 is 25.7 Å². The number of rotatable bonds is 14. The van der Waals surface area contributed by atoms with Crippen molar-refractivity contribution in [1.82, 2.24) is 19.7 Å². The molecule has 0 amide bonds. The molecule has 2 aliphatic rings. The Morgan fingerprint density at radius 1 is 1.15 bits per heavy atom. The molecule has 1 saturated carbocycles. The number of nitriles is 1. The molecule has 0 aromatic carbocycles. The Kier molecular flexibility index (Phi) is 10.2. The number of hydrogen-bond donors (Lipinski definition) is 3. The maximum atomic E-state index is 13.4. The first kappa shape index (κ1) is 35.2. The molecular weight excluding hydrogens is 623 g/mol. The Balaban J connectivity index is 1.72. The average Bonchev–Trinajstić information content (AvgIpc) is 3.26. The first-order valence-electron chi connectivity index (χ1n) is 15.1. The molecule has 1 aliphatic heterocycles. The van der Waals surface area contributed by atoms with Gasteiger partial charge in [0.2, 0.25) is 11.2 Å². The molecule has 252 valence electrons. The van der Waals surface area contributed by atoms with E-state index in [-0.39, 0.29) is 24.0 Å². The van der Waals surface area contributed by atoms with Crippen LogP contribution in [0.25, 0.3) is 5.52 Å². The number of esters is 3. The van der Waals surface area contributed by atoms with Gasteiger partial charge in [-0.2, -0.15) is 10.4 Å². The maximum Gasteiger partial charge on any atom is 0.404 e. The lowest BCUT2D eigenvalue weighted by Gasteiger charge is -2.30. The van der Waals surface area contributed by atoms with Gasteiger partial charge in [0.25, 0.3) is 0 Å². The Bertz CT molecular complexity index is 1570. The average molecular weight is 665 g/mol. The molecule has 2 aromatic heterocycles. The van der Waals surface area contributed by atoms with Crippen molar-refractivity contribution in [3.8, 4) is 6.07 Å². The number of nitrogens with one attached hydrogen (secondary N) is 1. The van der Waals surface area contributed by atoms with Crippen molar-refractivity contribution in [3.05, 3.63) is 24.2 Å². The van der Waals surface area contributed by atoms with Gasteiger partial charge in [0, 0.05) is 0 Å². The van der Waals surface area contributed by atoms with Gasteiger partial charge in [-0.15, -0.1) is 0 Å². The quantitative estimate of drug-likeness (QED) is 0.150. The van der Waals surface area contributed by atoms with E-state index in [1.807, 2.05) is 19.9 Å². The highest BCUT2D eigenvalue weighted by molar-refractivity contribution is 7.50. The molecule has 46 heavy (non-hydrogen) atoms. The minimum Gasteiger partial charge on any atom is -0.464 e. The van der Waals surface area contributed by atoms with Crippen LogP contribution in [-0.2, 0) is 42.4 Å². The zero-order valence-electron chi connectivity index (χ0n) is 26.8. The van der Waals surface area contributed by atoms with E-state index in [4.69, 9.17) is 29.2 Å².